The molecule has 0 saturated heterocycles. The molecule has 0 spiro atoms. The number of aromatic nitrogens is 1. The van der Waals surface area contributed by atoms with E-state index in [0.29, 0.717) is 5.56 Å². The minimum absolute atomic E-state index is 0.00985. The number of ketones is 1. The van der Waals surface area contributed by atoms with Crippen molar-refractivity contribution in [2.24, 2.45) is 0 Å². The molecule has 0 unspecified atom stereocenters. The van der Waals surface area contributed by atoms with Gasteiger partial charge in [-0.1, -0.05) is 36.4 Å². The predicted octanol–water partition coefficient (Wildman–Crippen LogP) is 3.64. The third kappa shape index (κ3) is 2.07. The third-order valence-electron chi connectivity index (χ3n) is 4.74. The number of Topliss-reactive ketones (excluding diaryl/α,β-unsaturated/α-hetero) is 1. The van der Waals surface area contributed by atoms with Gasteiger partial charge in [0.05, 0.1) is 5.56 Å². The van der Waals surface area contributed by atoms with Crippen LogP contribution in [0.15, 0.2) is 48.5 Å². The van der Waals surface area contributed by atoms with Gasteiger partial charge in [0, 0.05) is 28.3 Å². The summed E-state index contributed by atoms with van der Waals surface area (Å²) in [5, 5.41) is 0.800. The maximum absolute atomic E-state index is 13.0. The smallest absolute Gasteiger partial charge is 0.299 e. The average Bonchev–Trinajstić information content (AvgIpc) is 3.08. The molecule has 1 N–H and O–H groups in total. The molecule has 4 heteroatoms. The summed E-state index contributed by atoms with van der Waals surface area (Å²) in [5.74, 6) is -0.909. The van der Waals surface area contributed by atoms with Crippen LogP contribution < -0.4 is 4.90 Å². The lowest BCUT2D eigenvalue weighted by molar-refractivity contribution is -0.115. The quantitative estimate of drug-likeness (QED) is 0.579. The number of para-hydroxylation sites is 2. The van der Waals surface area contributed by atoms with Crippen LogP contribution in [0.5, 0.6) is 0 Å². The maximum atomic E-state index is 13.0. The van der Waals surface area contributed by atoms with E-state index < -0.39 is 11.7 Å². The summed E-state index contributed by atoms with van der Waals surface area (Å²) >= 11 is 0. The maximum Gasteiger partial charge on any atom is 0.299 e. The molecule has 2 aromatic carbocycles. The molecule has 0 fully saturated rings. The second-order valence-electron chi connectivity index (χ2n) is 6.36. The summed E-state index contributed by atoms with van der Waals surface area (Å²) in [5.41, 5.74) is 4.05. The first-order chi connectivity index (χ1) is 11.6. The molecule has 1 aromatic heterocycles. The standard InChI is InChI=1S/C20H18N2O2/c1-12-11-14-7-3-6-10-17(14)22(12)20(24)19(23)18-13(2)21-16-9-5-4-8-15(16)18/h3-10,12,21H,11H2,1-2H3/t12-/m1/s1. The number of nitrogens with one attached hydrogen (secondary N) is 1. The molecule has 4 rings (SSSR count). The number of aromatic amines is 1. The van der Waals surface area contributed by atoms with Crippen molar-refractivity contribution in [3.05, 3.63) is 65.4 Å². The molecule has 1 aliphatic heterocycles. The van der Waals surface area contributed by atoms with Crippen LogP contribution in [0.4, 0.5) is 5.69 Å². The summed E-state index contributed by atoms with van der Waals surface area (Å²) in [6, 6.07) is 15.4. The van der Waals surface area contributed by atoms with Crippen molar-refractivity contribution in [3.63, 3.8) is 0 Å². The van der Waals surface area contributed by atoms with Crippen LogP contribution in [-0.4, -0.2) is 22.7 Å². The van der Waals surface area contributed by atoms with Crippen molar-refractivity contribution in [1.82, 2.24) is 4.98 Å². The van der Waals surface area contributed by atoms with Gasteiger partial charge in [-0.05, 0) is 38.0 Å². The number of fused-ring (bicyclic) bond motifs is 2. The van der Waals surface area contributed by atoms with Crippen molar-refractivity contribution in [2.45, 2.75) is 26.3 Å². The van der Waals surface area contributed by atoms with Crippen molar-refractivity contribution >= 4 is 28.3 Å². The van der Waals surface area contributed by atoms with Gasteiger partial charge in [0.25, 0.3) is 11.7 Å². The Kier molecular flexibility index (Phi) is 3.27. The summed E-state index contributed by atoms with van der Waals surface area (Å²) in [4.78, 5) is 30.8. The van der Waals surface area contributed by atoms with Gasteiger partial charge in [-0.3, -0.25) is 9.59 Å². The van der Waals surface area contributed by atoms with Crippen LogP contribution in [0, 0.1) is 6.92 Å². The lowest BCUT2D eigenvalue weighted by Gasteiger charge is -2.21. The minimum atomic E-state index is -0.458. The normalized spacial score (nSPS) is 16.4. The predicted molar refractivity (Wildman–Crippen MR) is 94.5 cm³/mol. The first kappa shape index (κ1) is 14.7. The highest BCUT2D eigenvalue weighted by atomic mass is 16.2. The number of H-pyrrole nitrogens is 1. The summed E-state index contributed by atoms with van der Waals surface area (Å²) < 4.78 is 0. The fourth-order valence-corrected chi connectivity index (χ4v) is 3.66. The zero-order valence-corrected chi connectivity index (χ0v) is 13.7. The number of hydrogen-bond acceptors (Lipinski definition) is 2. The number of hydrogen-bond donors (Lipinski definition) is 1. The highest BCUT2D eigenvalue weighted by Crippen LogP contribution is 2.33. The first-order valence-corrected chi connectivity index (χ1v) is 8.11. The van der Waals surface area contributed by atoms with E-state index in [0.717, 1.165) is 34.3 Å². The number of carbonyl (C=O) groups excluding carboxylic acids is 2. The lowest BCUT2D eigenvalue weighted by atomic mass is 10.1. The number of benzene rings is 2. The highest BCUT2D eigenvalue weighted by Gasteiger charge is 2.35. The Morgan fingerprint density at radius 1 is 1.08 bits per heavy atom. The fourth-order valence-electron chi connectivity index (χ4n) is 3.66. The molecule has 1 atom stereocenters. The second kappa shape index (κ2) is 5.34. The monoisotopic (exact) mass is 318 g/mol. The van der Waals surface area contributed by atoms with Crippen LogP contribution in [-0.2, 0) is 11.2 Å². The molecule has 3 aromatic rings. The number of aryl methyl sites for hydroxylation is 1. The van der Waals surface area contributed by atoms with Crippen molar-refractivity contribution in [3.8, 4) is 0 Å². The van der Waals surface area contributed by atoms with Gasteiger partial charge < -0.3 is 9.88 Å². The summed E-state index contributed by atoms with van der Waals surface area (Å²) in [7, 11) is 0. The molecule has 2 heterocycles. The van der Waals surface area contributed by atoms with Gasteiger partial charge in [-0.25, -0.2) is 0 Å². The van der Waals surface area contributed by atoms with Crippen LogP contribution >= 0.6 is 0 Å². The van der Waals surface area contributed by atoms with Gasteiger partial charge >= 0.3 is 0 Å². The molecular weight excluding hydrogens is 300 g/mol. The Bertz CT molecular complexity index is 971. The van der Waals surface area contributed by atoms with Crippen molar-refractivity contribution in [2.75, 3.05) is 4.90 Å². The number of amides is 1. The van der Waals surface area contributed by atoms with Gasteiger partial charge in [0.1, 0.15) is 0 Å². The molecule has 1 aliphatic rings. The van der Waals surface area contributed by atoms with E-state index in [1.54, 1.807) is 4.90 Å². The Hall–Kier alpha value is -2.88. The third-order valence-corrected chi connectivity index (χ3v) is 4.74. The second-order valence-corrected chi connectivity index (χ2v) is 6.36. The number of carbonyl (C=O) groups is 2. The number of anilines is 1. The average molecular weight is 318 g/mol. The Morgan fingerprint density at radius 3 is 2.62 bits per heavy atom. The van der Waals surface area contributed by atoms with E-state index in [9.17, 15) is 9.59 Å². The van der Waals surface area contributed by atoms with Crippen LogP contribution in [0.1, 0.15) is 28.5 Å². The molecule has 4 nitrogen and oxygen atoms in total. The largest absolute Gasteiger partial charge is 0.358 e. The molecule has 0 radical (unpaired) electrons. The van der Waals surface area contributed by atoms with E-state index in [1.807, 2.05) is 62.4 Å². The van der Waals surface area contributed by atoms with E-state index in [1.165, 1.54) is 0 Å². The Labute approximate surface area is 140 Å². The number of nitrogens with zero attached hydrogens (tertiary/aromatic N) is 1. The number of rotatable bonds is 2. The van der Waals surface area contributed by atoms with Gasteiger partial charge in [-0.2, -0.15) is 0 Å². The highest BCUT2D eigenvalue weighted by molar-refractivity contribution is 6.49. The van der Waals surface area contributed by atoms with Crippen molar-refractivity contribution < 1.29 is 9.59 Å². The molecule has 0 bridgehead atoms. The van der Waals surface area contributed by atoms with Gasteiger partial charge in [0.15, 0.2) is 0 Å². The van der Waals surface area contributed by atoms with E-state index in [4.69, 9.17) is 0 Å². The molecule has 120 valence electrons. The van der Waals surface area contributed by atoms with Crippen LogP contribution in [0.25, 0.3) is 10.9 Å². The topological polar surface area (TPSA) is 53.2 Å². The van der Waals surface area contributed by atoms with Crippen LogP contribution in [0.2, 0.25) is 0 Å². The zero-order valence-electron chi connectivity index (χ0n) is 13.7. The summed E-state index contributed by atoms with van der Waals surface area (Å²) in [6.07, 6.45) is 0.780. The first-order valence-electron chi connectivity index (χ1n) is 8.11. The molecule has 1 amide bonds. The fraction of sp³-hybridized carbons (Fsp3) is 0.200. The van der Waals surface area contributed by atoms with E-state index in [2.05, 4.69) is 4.98 Å². The van der Waals surface area contributed by atoms with E-state index >= 15 is 0 Å². The SMILES string of the molecule is Cc1[nH]c2ccccc2c1C(=O)C(=O)N1c2ccccc2C[C@H]1C. The molecule has 24 heavy (non-hydrogen) atoms. The Balaban J connectivity index is 1.77. The summed E-state index contributed by atoms with van der Waals surface area (Å²) in [6.45, 7) is 3.81. The van der Waals surface area contributed by atoms with Crippen LogP contribution in [0.3, 0.4) is 0 Å². The zero-order chi connectivity index (χ0) is 16.8. The van der Waals surface area contributed by atoms with Crippen molar-refractivity contribution in [1.29, 1.82) is 0 Å². The lowest BCUT2D eigenvalue weighted by Crippen LogP contribution is -2.40. The Morgan fingerprint density at radius 2 is 1.79 bits per heavy atom. The van der Waals surface area contributed by atoms with E-state index in [-0.39, 0.29) is 6.04 Å². The molecule has 0 aliphatic carbocycles. The van der Waals surface area contributed by atoms with Gasteiger partial charge in [-0.15, -0.1) is 0 Å². The minimum Gasteiger partial charge on any atom is -0.358 e. The molecular formula is C20H18N2O2. The molecule has 0 saturated carbocycles. The van der Waals surface area contributed by atoms with Gasteiger partial charge in [0.2, 0.25) is 0 Å².